The molecule has 1 saturated heterocycles. The number of nitrogens with two attached hydrogens (primary N) is 3. The van der Waals surface area contributed by atoms with Crippen molar-refractivity contribution in [3.63, 3.8) is 0 Å². The molecule has 0 aliphatic carbocycles. The third kappa shape index (κ3) is 4.49. The van der Waals surface area contributed by atoms with Crippen LogP contribution in [0.1, 0.15) is 30.6 Å². The summed E-state index contributed by atoms with van der Waals surface area (Å²) >= 11 is 0. The molecular weight excluding hydrogens is 316 g/mol. The Morgan fingerprint density at radius 2 is 1.79 bits per heavy atom. The summed E-state index contributed by atoms with van der Waals surface area (Å²) in [4.78, 5) is 36.6. The number of aromatic nitrogens is 3. The van der Waals surface area contributed by atoms with Crippen LogP contribution in [-0.4, -0.2) is 63.8 Å². The van der Waals surface area contributed by atoms with Crippen LogP contribution in [0, 0.1) is 0 Å². The van der Waals surface area contributed by atoms with Gasteiger partial charge in [0.1, 0.15) is 6.04 Å². The van der Waals surface area contributed by atoms with E-state index in [9.17, 15) is 14.4 Å². The second-order valence-electron chi connectivity index (χ2n) is 5.66. The molecule has 11 heteroatoms. The predicted octanol–water partition coefficient (Wildman–Crippen LogP) is -3.00. The lowest BCUT2D eigenvalue weighted by Crippen LogP contribution is -2.49. The van der Waals surface area contributed by atoms with Crippen LogP contribution in [-0.2, 0) is 14.4 Å². The Kier molecular flexibility index (Phi) is 5.82. The molecule has 0 aromatic carbocycles. The maximum atomic E-state index is 12.7. The van der Waals surface area contributed by atoms with Gasteiger partial charge in [-0.05, 0) is 0 Å². The van der Waals surface area contributed by atoms with E-state index in [-0.39, 0.29) is 18.7 Å². The number of primary amides is 2. The van der Waals surface area contributed by atoms with Crippen LogP contribution in [0.4, 0.5) is 0 Å². The van der Waals surface area contributed by atoms with Gasteiger partial charge >= 0.3 is 0 Å². The molecule has 1 aromatic rings. The molecule has 1 aromatic heterocycles. The molecular formula is C13H22N8O3. The minimum absolute atomic E-state index is 0.0923. The van der Waals surface area contributed by atoms with Crippen molar-refractivity contribution in [1.82, 2.24) is 25.2 Å². The summed E-state index contributed by atoms with van der Waals surface area (Å²) in [6, 6.07) is -1.61. The fourth-order valence-corrected chi connectivity index (χ4v) is 2.51. The lowest BCUT2D eigenvalue weighted by molar-refractivity contribution is -0.138. The highest BCUT2D eigenvalue weighted by Crippen LogP contribution is 2.17. The van der Waals surface area contributed by atoms with Crippen molar-refractivity contribution in [2.75, 3.05) is 26.2 Å². The van der Waals surface area contributed by atoms with E-state index in [1.807, 2.05) is 0 Å². The first kappa shape index (κ1) is 17.8. The first-order valence-corrected chi connectivity index (χ1v) is 7.62. The van der Waals surface area contributed by atoms with Gasteiger partial charge in [-0.1, -0.05) is 5.21 Å². The first-order valence-electron chi connectivity index (χ1n) is 7.62. The van der Waals surface area contributed by atoms with Gasteiger partial charge in [-0.2, -0.15) is 0 Å². The molecule has 2 atom stereocenters. The number of nitrogens with zero attached hydrogens (tertiary/aromatic N) is 4. The van der Waals surface area contributed by atoms with Crippen LogP contribution in [0.15, 0.2) is 6.20 Å². The molecule has 7 N–H and O–H groups in total. The van der Waals surface area contributed by atoms with Crippen molar-refractivity contribution >= 4 is 17.7 Å². The lowest BCUT2D eigenvalue weighted by atomic mass is 10.1. The summed E-state index contributed by atoms with van der Waals surface area (Å²) in [5, 5.41) is 10.9. The SMILES string of the molecule is NC(=O)C[C@H](N)c1cn([C@@H](CC(N)=O)C(=O)N2CCNCC2)nn1. The number of piperazine rings is 1. The maximum Gasteiger partial charge on any atom is 0.248 e. The smallest absolute Gasteiger partial charge is 0.248 e. The summed E-state index contributed by atoms with van der Waals surface area (Å²) in [6.07, 6.45) is 1.16. The van der Waals surface area contributed by atoms with Gasteiger partial charge < -0.3 is 27.4 Å². The summed E-state index contributed by atoms with van der Waals surface area (Å²) in [5.74, 6) is -1.44. The van der Waals surface area contributed by atoms with Crippen molar-refractivity contribution in [2.24, 2.45) is 17.2 Å². The van der Waals surface area contributed by atoms with Crippen molar-refractivity contribution < 1.29 is 14.4 Å². The molecule has 3 amide bonds. The van der Waals surface area contributed by atoms with Crippen LogP contribution < -0.4 is 22.5 Å². The van der Waals surface area contributed by atoms with Gasteiger partial charge in [-0.25, -0.2) is 4.68 Å². The maximum absolute atomic E-state index is 12.7. The summed E-state index contributed by atoms with van der Waals surface area (Å²) < 4.78 is 1.27. The molecule has 2 rings (SSSR count). The van der Waals surface area contributed by atoms with E-state index < -0.39 is 23.9 Å². The average Bonchev–Trinajstić information content (AvgIpc) is 3.02. The van der Waals surface area contributed by atoms with E-state index in [0.29, 0.717) is 31.9 Å². The van der Waals surface area contributed by atoms with Gasteiger partial charge in [-0.3, -0.25) is 14.4 Å². The second-order valence-corrected chi connectivity index (χ2v) is 5.66. The molecule has 1 aliphatic heterocycles. The van der Waals surface area contributed by atoms with Crippen LogP contribution in [0.5, 0.6) is 0 Å². The molecule has 132 valence electrons. The van der Waals surface area contributed by atoms with Gasteiger partial charge in [0.2, 0.25) is 17.7 Å². The van der Waals surface area contributed by atoms with Crippen LogP contribution in [0.2, 0.25) is 0 Å². The van der Waals surface area contributed by atoms with E-state index in [1.54, 1.807) is 4.90 Å². The van der Waals surface area contributed by atoms with E-state index in [2.05, 4.69) is 15.6 Å². The van der Waals surface area contributed by atoms with Crippen LogP contribution in [0.3, 0.4) is 0 Å². The van der Waals surface area contributed by atoms with Crippen molar-refractivity contribution in [3.8, 4) is 0 Å². The Hall–Kier alpha value is -2.53. The number of hydrogen-bond acceptors (Lipinski definition) is 7. The zero-order chi connectivity index (χ0) is 17.7. The highest BCUT2D eigenvalue weighted by atomic mass is 16.2. The van der Waals surface area contributed by atoms with Gasteiger partial charge in [0, 0.05) is 32.6 Å². The number of rotatable bonds is 7. The minimum atomic E-state index is -0.886. The standard InChI is InChI=1S/C13H22N8O3/c14-8(5-11(15)22)9-7-21(19-18-9)10(6-12(16)23)13(24)20-3-1-17-2-4-20/h7-8,10,17H,1-6,14H2,(H2,15,22)(H2,16,23)/t8-,10-/m0/s1. The highest BCUT2D eigenvalue weighted by Gasteiger charge is 2.30. The number of nitrogens with one attached hydrogen (secondary N) is 1. The van der Waals surface area contributed by atoms with E-state index in [1.165, 1.54) is 10.9 Å². The molecule has 0 saturated carbocycles. The Morgan fingerprint density at radius 3 is 2.38 bits per heavy atom. The van der Waals surface area contributed by atoms with Crippen molar-refractivity contribution in [1.29, 1.82) is 0 Å². The third-order valence-electron chi connectivity index (χ3n) is 3.76. The van der Waals surface area contributed by atoms with Crippen LogP contribution in [0.25, 0.3) is 0 Å². The fraction of sp³-hybridized carbons (Fsp3) is 0.615. The molecule has 0 radical (unpaired) electrons. The quantitative estimate of drug-likeness (QED) is 0.409. The van der Waals surface area contributed by atoms with E-state index in [0.717, 1.165) is 0 Å². The molecule has 0 bridgehead atoms. The van der Waals surface area contributed by atoms with Gasteiger partial charge in [0.05, 0.1) is 24.4 Å². The van der Waals surface area contributed by atoms with Crippen molar-refractivity contribution in [3.05, 3.63) is 11.9 Å². The number of carbonyl (C=O) groups is 3. The first-order chi connectivity index (χ1) is 11.4. The molecule has 24 heavy (non-hydrogen) atoms. The van der Waals surface area contributed by atoms with Gasteiger partial charge in [-0.15, -0.1) is 5.10 Å². The lowest BCUT2D eigenvalue weighted by Gasteiger charge is -2.30. The molecule has 0 spiro atoms. The zero-order valence-corrected chi connectivity index (χ0v) is 13.2. The van der Waals surface area contributed by atoms with Crippen LogP contribution >= 0.6 is 0 Å². The molecule has 2 heterocycles. The molecule has 1 fully saturated rings. The van der Waals surface area contributed by atoms with E-state index in [4.69, 9.17) is 17.2 Å². The third-order valence-corrected chi connectivity index (χ3v) is 3.76. The van der Waals surface area contributed by atoms with E-state index >= 15 is 0 Å². The second kappa shape index (κ2) is 7.84. The summed E-state index contributed by atoms with van der Waals surface area (Å²) in [6.45, 7) is 2.44. The summed E-state index contributed by atoms with van der Waals surface area (Å²) in [5.41, 5.74) is 16.5. The Labute approximate surface area is 138 Å². The zero-order valence-electron chi connectivity index (χ0n) is 13.2. The Balaban J connectivity index is 2.18. The Morgan fingerprint density at radius 1 is 1.17 bits per heavy atom. The molecule has 1 aliphatic rings. The predicted molar refractivity (Wildman–Crippen MR) is 83.1 cm³/mol. The number of hydrogen-bond donors (Lipinski definition) is 4. The highest BCUT2D eigenvalue weighted by molar-refractivity contribution is 5.86. The number of amides is 3. The largest absolute Gasteiger partial charge is 0.370 e. The fourth-order valence-electron chi connectivity index (χ4n) is 2.51. The number of carbonyl (C=O) groups excluding carboxylic acids is 3. The summed E-state index contributed by atoms with van der Waals surface area (Å²) in [7, 11) is 0. The minimum Gasteiger partial charge on any atom is -0.370 e. The monoisotopic (exact) mass is 338 g/mol. The topological polar surface area (TPSA) is 175 Å². The molecule has 11 nitrogen and oxygen atoms in total. The normalized spacial score (nSPS) is 17.3. The van der Waals surface area contributed by atoms with Crippen molar-refractivity contribution in [2.45, 2.75) is 24.9 Å². The average molecular weight is 338 g/mol. The Bertz CT molecular complexity index is 610. The molecule has 0 unspecified atom stereocenters. The van der Waals surface area contributed by atoms with Gasteiger partial charge in [0.25, 0.3) is 0 Å². The van der Waals surface area contributed by atoms with Gasteiger partial charge in [0.15, 0.2) is 0 Å².